The number of hydrogen-bond donors (Lipinski definition) is 2. The predicted octanol–water partition coefficient (Wildman–Crippen LogP) is 0.432. The van der Waals surface area contributed by atoms with E-state index in [4.69, 9.17) is 15.6 Å². The van der Waals surface area contributed by atoms with Gasteiger partial charge in [-0.25, -0.2) is 0 Å². The molecule has 17 heavy (non-hydrogen) atoms. The second-order valence-corrected chi connectivity index (χ2v) is 5.35. The monoisotopic (exact) mass is 242 g/mol. The van der Waals surface area contributed by atoms with E-state index in [-0.39, 0.29) is 0 Å². The van der Waals surface area contributed by atoms with Gasteiger partial charge in [-0.3, -0.25) is 9.69 Å². The van der Waals surface area contributed by atoms with Crippen molar-refractivity contribution in [2.24, 2.45) is 5.73 Å². The third kappa shape index (κ3) is 2.61. The number of methoxy groups -OCH3 is 1. The van der Waals surface area contributed by atoms with E-state index < -0.39 is 11.5 Å². The van der Waals surface area contributed by atoms with Crippen LogP contribution in [0.5, 0.6) is 0 Å². The van der Waals surface area contributed by atoms with Crippen LogP contribution in [0, 0.1) is 0 Å². The molecule has 1 aliphatic carbocycles. The van der Waals surface area contributed by atoms with Crippen molar-refractivity contribution in [3.63, 3.8) is 0 Å². The Morgan fingerprint density at radius 1 is 1.41 bits per heavy atom. The molecule has 1 unspecified atom stereocenters. The van der Waals surface area contributed by atoms with E-state index in [1.54, 1.807) is 7.11 Å². The molecule has 2 rings (SSSR count). The minimum Gasteiger partial charge on any atom is -0.480 e. The molecule has 0 amide bonds. The minimum absolute atomic E-state index is 0.385. The van der Waals surface area contributed by atoms with Gasteiger partial charge in [-0.2, -0.15) is 0 Å². The van der Waals surface area contributed by atoms with Crippen molar-refractivity contribution in [2.45, 2.75) is 49.8 Å². The normalized spacial score (nSPS) is 39.4. The standard InChI is InChI=1S/C12H22N2O3/c1-17-10-4-2-9(3-5-10)14-7-6-12(13,8-14)11(15)16/h9-10H,2-8,13H2,1H3,(H,15,16). The van der Waals surface area contributed by atoms with Crippen LogP contribution in [0.1, 0.15) is 32.1 Å². The van der Waals surface area contributed by atoms with Crippen LogP contribution >= 0.6 is 0 Å². The topological polar surface area (TPSA) is 75.8 Å². The number of hydrogen-bond acceptors (Lipinski definition) is 4. The summed E-state index contributed by atoms with van der Waals surface area (Å²) in [4.78, 5) is 13.3. The average Bonchev–Trinajstić information content (AvgIpc) is 2.74. The molecule has 1 saturated heterocycles. The van der Waals surface area contributed by atoms with E-state index in [9.17, 15) is 4.79 Å². The number of aliphatic carboxylic acids is 1. The Bertz CT molecular complexity index is 289. The van der Waals surface area contributed by atoms with Crippen LogP contribution in [0.15, 0.2) is 0 Å². The summed E-state index contributed by atoms with van der Waals surface area (Å²) < 4.78 is 5.34. The first-order chi connectivity index (χ1) is 8.05. The van der Waals surface area contributed by atoms with Crippen LogP contribution in [-0.4, -0.2) is 53.9 Å². The number of nitrogens with zero attached hydrogens (tertiary/aromatic N) is 1. The summed E-state index contributed by atoms with van der Waals surface area (Å²) >= 11 is 0. The Labute approximate surface area is 102 Å². The van der Waals surface area contributed by atoms with Crippen molar-refractivity contribution in [3.8, 4) is 0 Å². The second kappa shape index (κ2) is 4.92. The lowest BCUT2D eigenvalue weighted by atomic mass is 9.92. The molecule has 0 aromatic carbocycles. The number of nitrogens with two attached hydrogens (primary N) is 1. The van der Waals surface area contributed by atoms with Crippen molar-refractivity contribution in [3.05, 3.63) is 0 Å². The highest BCUT2D eigenvalue weighted by Gasteiger charge is 2.43. The summed E-state index contributed by atoms with van der Waals surface area (Å²) in [5.74, 6) is -0.870. The zero-order valence-corrected chi connectivity index (χ0v) is 10.4. The molecule has 5 heteroatoms. The zero-order chi connectivity index (χ0) is 12.5. The molecule has 2 aliphatic rings. The maximum absolute atomic E-state index is 11.1. The molecule has 98 valence electrons. The molecule has 0 aromatic heterocycles. The van der Waals surface area contributed by atoms with Gasteiger partial charge in [0.2, 0.25) is 0 Å². The summed E-state index contributed by atoms with van der Waals surface area (Å²) in [6.07, 6.45) is 5.27. The summed E-state index contributed by atoms with van der Waals surface area (Å²) in [6, 6.07) is 0.492. The van der Waals surface area contributed by atoms with Gasteiger partial charge in [0.25, 0.3) is 0 Å². The second-order valence-electron chi connectivity index (χ2n) is 5.35. The van der Waals surface area contributed by atoms with Crippen LogP contribution in [-0.2, 0) is 9.53 Å². The van der Waals surface area contributed by atoms with Crippen molar-refractivity contribution in [2.75, 3.05) is 20.2 Å². The number of likely N-dealkylation sites (tertiary alicyclic amines) is 1. The lowest BCUT2D eigenvalue weighted by molar-refractivity contribution is -0.142. The first-order valence-corrected chi connectivity index (χ1v) is 6.34. The van der Waals surface area contributed by atoms with Gasteiger partial charge in [-0.05, 0) is 32.1 Å². The van der Waals surface area contributed by atoms with Gasteiger partial charge in [0.15, 0.2) is 0 Å². The SMILES string of the molecule is COC1CCC(N2CCC(N)(C(=O)O)C2)CC1. The lowest BCUT2D eigenvalue weighted by Gasteiger charge is -2.34. The first kappa shape index (κ1) is 12.8. The molecule has 0 radical (unpaired) electrons. The maximum Gasteiger partial charge on any atom is 0.325 e. The first-order valence-electron chi connectivity index (χ1n) is 6.34. The van der Waals surface area contributed by atoms with E-state index in [2.05, 4.69) is 4.90 Å². The third-order valence-electron chi connectivity index (χ3n) is 4.25. The molecule has 1 saturated carbocycles. The molecule has 0 bridgehead atoms. The van der Waals surface area contributed by atoms with E-state index in [0.717, 1.165) is 32.2 Å². The van der Waals surface area contributed by atoms with Crippen LogP contribution in [0.2, 0.25) is 0 Å². The summed E-state index contributed by atoms with van der Waals surface area (Å²) in [5.41, 5.74) is 4.86. The number of carboxylic acid groups (broad SMARTS) is 1. The van der Waals surface area contributed by atoms with Crippen LogP contribution < -0.4 is 5.73 Å². The van der Waals surface area contributed by atoms with Gasteiger partial charge >= 0.3 is 5.97 Å². The molecular formula is C12H22N2O3. The molecular weight excluding hydrogens is 220 g/mol. The number of ether oxygens (including phenoxy) is 1. The van der Waals surface area contributed by atoms with Gasteiger partial charge in [0.1, 0.15) is 5.54 Å². The van der Waals surface area contributed by atoms with E-state index >= 15 is 0 Å². The van der Waals surface area contributed by atoms with Gasteiger partial charge in [0.05, 0.1) is 6.10 Å². The lowest BCUT2D eigenvalue weighted by Crippen LogP contribution is -2.51. The third-order valence-corrected chi connectivity index (χ3v) is 4.25. The highest BCUT2D eigenvalue weighted by molar-refractivity contribution is 5.79. The fraction of sp³-hybridized carbons (Fsp3) is 0.917. The maximum atomic E-state index is 11.1. The Morgan fingerprint density at radius 3 is 2.53 bits per heavy atom. The van der Waals surface area contributed by atoms with E-state index in [1.165, 1.54) is 0 Å². The minimum atomic E-state index is -1.03. The summed E-state index contributed by atoms with van der Waals surface area (Å²) in [7, 11) is 1.76. The number of carbonyl (C=O) groups is 1. The van der Waals surface area contributed by atoms with E-state index in [1.807, 2.05) is 0 Å². The molecule has 5 nitrogen and oxygen atoms in total. The molecule has 2 fully saturated rings. The molecule has 1 aliphatic heterocycles. The van der Waals surface area contributed by atoms with Crippen LogP contribution in [0.3, 0.4) is 0 Å². The summed E-state index contributed by atoms with van der Waals surface area (Å²) in [6.45, 7) is 1.30. The molecule has 3 N–H and O–H groups in total. The predicted molar refractivity (Wildman–Crippen MR) is 63.8 cm³/mol. The fourth-order valence-electron chi connectivity index (χ4n) is 3.00. The van der Waals surface area contributed by atoms with Gasteiger partial charge in [-0.15, -0.1) is 0 Å². The van der Waals surface area contributed by atoms with Crippen molar-refractivity contribution < 1.29 is 14.6 Å². The largest absolute Gasteiger partial charge is 0.480 e. The zero-order valence-electron chi connectivity index (χ0n) is 10.4. The Kier molecular flexibility index (Phi) is 3.70. The summed E-state index contributed by atoms with van der Waals surface area (Å²) in [5, 5.41) is 9.10. The fourth-order valence-corrected chi connectivity index (χ4v) is 3.00. The smallest absolute Gasteiger partial charge is 0.325 e. The number of carboxylic acids is 1. The Hall–Kier alpha value is -0.650. The highest BCUT2D eigenvalue weighted by atomic mass is 16.5. The highest BCUT2D eigenvalue weighted by Crippen LogP contribution is 2.29. The van der Waals surface area contributed by atoms with E-state index in [0.29, 0.717) is 25.1 Å². The average molecular weight is 242 g/mol. The van der Waals surface area contributed by atoms with Crippen molar-refractivity contribution in [1.29, 1.82) is 0 Å². The molecule has 1 heterocycles. The van der Waals surface area contributed by atoms with Crippen molar-refractivity contribution >= 4 is 5.97 Å². The van der Waals surface area contributed by atoms with Crippen LogP contribution in [0.25, 0.3) is 0 Å². The Morgan fingerprint density at radius 2 is 2.06 bits per heavy atom. The molecule has 1 atom stereocenters. The van der Waals surface area contributed by atoms with Crippen LogP contribution in [0.4, 0.5) is 0 Å². The molecule has 0 aromatic rings. The quantitative estimate of drug-likeness (QED) is 0.750. The molecule has 0 spiro atoms. The van der Waals surface area contributed by atoms with Gasteiger partial charge < -0.3 is 15.6 Å². The Balaban J connectivity index is 1.87. The van der Waals surface area contributed by atoms with Crippen molar-refractivity contribution in [1.82, 2.24) is 4.90 Å². The van der Waals surface area contributed by atoms with Gasteiger partial charge in [0, 0.05) is 26.2 Å². The van der Waals surface area contributed by atoms with Gasteiger partial charge in [-0.1, -0.05) is 0 Å². The number of rotatable bonds is 3.